The van der Waals surface area contributed by atoms with Crippen molar-refractivity contribution in [2.45, 2.75) is 17.4 Å². The fourth-order valence-corrected chi connectivity index (χ4v) is 5.41. The molecule has 1 aromatic carbocycles. The van der Waals surface area contributed by atoms with Gasteiger partial charge in [-0.2, -0.15) is 0 Å². The third-order valence-corrected chi connectivity index (χ3v) is 6.99. The summed E-state index contributed by atoms with van der Waals surface area (Å²) in [7, 11) is -3.88. The van der Waals surface area contributed by atoms with Crippen molar-refractivity contribution in [3.63, 3.8) is 0 Å². The Morgan fingerprint density at radius 2 is 1.96 bits per heavy atom. The smallest absolute Gasteiger partial charge is 0.244 e. The van der Waals surface area contributed by atoms with Gasteiger partial charge >= 0.3 is 0 Å². The first kappa shape index (κ1) is 19.0. The average molecular weight is 378 g/mol. The maximum absolute atomic E-state index is 12.4. The van der Waals surface area contributed by atoms with Crippen LogP contribution in [-0.4, -0.2) is 61.7 Å². The predicted molar refractivity (Wildman–Crippen MR) is 89.8 cm³/mol. The van der Waals surface area contributed by atoms with Gasteiger partial charge in [-0.3, -0.25) is 0 Å². The predicted octanol–water partition coefficient (Wildman–Crippen LogP) is -0.241. The third-order valence-electron chi connectivity index (χ3n) is 3.74. The van der Waals surface area contributed by atoms with Crippen LogP contribution in [0.15, 0.2) is 23.1 Å². The largest absolute Gasteiger partial charge is 0.497 e. The van der Waals surface area contributed by atoms with Gasteiger partial charge in [-0.05, 0) is 18.6 Å². The molecule has 0 aliphatic carbocycles. The Morgan fingerprint density at radius 3 is 2.54 bits per heavy atom. The van der Waals surface area contributed by atoms with Crippen molar-refractivity contribution in [3.8, 4) is 11.5 Å². The molecule has 136 valence electrons. The molecule has 0 saturated carbocycles. The van der Waals surface area contributed by atoms with E-state index in [4.69, 9.17) is 9.47 Å². The first-order chi connectivity index (χ1) is 11.3. The Bertz CT molecular complexity index is 776. The lowest BCUT2D eigenvalue weighted by molar-refractivity contribution is 0.392. The zero-order valence-corrected chi connectivity index (χ0v) is 15.2. The lowest BCUT2D eigenvalue weighted by Gasteiger charge is -2.14. The van der Waals surface area contributed by atoms with Crippen molar-refractivity contribution in [3.05, 3.63) is 18.2 Å². The van der Waals surface area contributed by atoms with Crippen molar-refractivity contribution < 1.29 is 26.3 Å². The van der Waals surface area contributed by atoms with E-state index in [9.17, 15) is 16.8 Å². The molecule has 1 aliphatic heterocycles. The molecule has 24 heavy (non-hydrogen) atoms. The Hall–Kier alpha value is -1.36. The third kappa shape index (κ3) is 4.82. The molecule has 0 radical (unpaired) electrons. The fourth-order valence-electron chi connectivity index (χ4n) is 2.49. The Balaban J connectivity index is 1.94. The normalized spacial score (nSPS) is 20.0. The van der Waals surface area contributed by atoms with Gasteiger partial charge in [0.05, 0.1) is 25.7 Å². The summed E-state index contributed by atoms with van der Waals surface area (Å²) >= 11 is 0. The maximum atomic E-state index is 12.4. The SMILES string of the molecule is COc1ccc(OC)c(S(=O)(=O)NCCN[C@H]2CCS(=O)(=O)C2)c1. The molecule has 0 amide bonds. The van der Waals surface area contributed by atoms with Crippen molar-refractivity contribution in [1.29, 1.82) is 0 Å². The minimum Gasteiger partial charge on any atom is -0.497 e. The number of sulfonamides is 1. The number of benzene rings is 1. The molecule has 0 unspecified atom stereocenters. The summed E-state index contributed by atoms with van der Waals surface area (Å²) in [6, 6.07) is 4.40. The van der Waals surface area contributed by atoms with Crippen LogP contribution < -0.4 is 19.5 Å². The molecular formula is C14H22N2O6S2. The molecule has 0 spiro atoms. The first-order valence-electron chi connectivity index (χ1n) is 7.43. The van der Waals surface area contributed by atoms with Crippen LogP contribution in [0, 0.1) is 0 Å². The molecule has 1 atom stereocenters. The number of hydrogen-bond donors (Lipinski definition) is 2. The lowest BCUT2D eigenvalue weighted by Crippen LogP contribution is -2.37. The molecule has 10 heteroatoms. The van der Waals surface area contributed by atoms with Gasteiger partial charge in [-0.25, -0.2) is 21.6 Å². The highest BCUT2D eigenvalue weighted by molar-refractivity contribution is 7.91. The van der Waals surface area contributed by atoms with Crippen LogP contribution in [0.3, 0.4) is 0 Å². The van der Waals surface area contributed by atoms with Crippen LogP contribution in [0.2, 0.25) is 0 Å². The van der Waals surface area contributed by atoms with E-state index >= 15 is 0 Å². The average Bonchev–Trinajstić information content (AvgIpc) is 2.90. The molecule has 2 rings (SSSR count). The summed E-state index contributed by atoms with van der Waals surface area (Å²) in [6.45, 7) is 0.477. The van der Waals surface area contributed by atoms with E-state index in [1.807, 2.05) is 0 Å². The van der Waals surface area contributed by atoms with E-state index in [-0.39, 0.29) is 34.7 Å². The van der Waals surface area contributed by atoms with Gasteiger partial charge in [0.15, 0.2) is 9.84 Å². The molecule has 1 fully saturated rings. The Labute approximate surface area is 142 Å². The number of sulfone groups is 1. The molecule has 0 bridgehead atoms. The monoisotopic (exact) mass is 378 g/mol. The van der Waals surface area contributed by atoms with E-state index in [1.54, 1.807) is 6.07 Å². The minimum atomic E-state index is -3.77. The number of rotatable bonds is 8. The lowest BCUT2D eigenvalue weighted by atomic mass is 10.3. The van der Waals surface area contributed by atoms with Gasteiger partial charge < -0.3 is 14.8 Å². The Morgan fingerprint density at radius 1 is 1.21 bits per heavy atom. The van der Waals surface area contributed by atoms with Crippen molar-refractivity contribution >= 4 is 19.9 Å². The van der Waals surface area contributed by atoms with Crippen LogP contribution in [0.5, 0.6) is 11.5 Å². The number of ether oxygens (including phenoxy) is 2. The number of hydrogen-bond acceptors (Lipinski definition) is 7. The van der Waals surface area contributed by atoms with Crippen LogP contribution in [-0.2, 0) is 19.9 Å². The summed E-state index contributed by atoms with van der Waals surface area (Å²) in [6.07, 6.45) is 0.554. The minimum absolute atomic E-state index is 0.00667. The molecule has 2 N–H and O–H groups in total. The summed E-state index contributed by atoms with van der Waals surface area (Å²) in [5, 5.41) is 3.05. The van der Waals surface area contributed by atoms with E-state index in [2.05, 4.69) is 10.0 Å². The van der Waals surface area contributed by atoms with Crippen LogP contribution in [0.25, 0.3) is 0 Å². The van der Waals surface area contributed by atoms with E-state index in [0.29, 0.717) is 18.7 Å². The molecule has 8 nitrogen and oxygen atoms in total. The highest BCUT2D eigenvalue weighted by atomic mass is 32.2. The summed E-state index contributed by atoms with van der Waals surface area (Å²) in [5.41, 5.74) is 0. The van der Waals surface area contributed by atoms with Gasteiger partial charge in [-0.15, -0.1) is 0 Å². The van der Waals surface area contributed by atoms with Gasteiger partial charge in [0, 0.05) is 25.2 Å². The summed E-state index contributed by atoms with van der Waals surface area (Å²) in [4.78, 5) is -0.00667. The zero-order valence-electron chi connectivity index (χ0n) is 13.6. The number of methoxy groups -OCH3 is 2. The molecule has 1 aromatic rings. The van der Waals surface area contributed by atoms with E-state index in [0.717, 1.165) is 0 Å². The van der Waals surface area contributed by atoms with Gasteiger partial charge in [0.25, 0.3) is 0 Å². The molecule has 1 aliphatic rings. The first-order valence-corrected chi connectivity index (χ1v) is 10.7. The van der Waals surface area contributed by atoms with Gasteiger partial charge in [-0.1, -0.05) is 0 Å². The topological polar surface area (TPSA) is 111 Å². The van der Waals surface area contributed by atoms with Gasteiger partial charge in [0.1, 0.15) is 16.4 Å². The molecule has 1 saturated heterocycles. The number of nitrogens with one attached hydrogen (secondary N) is 2. The van der Waals surface area contributed by atoms with E-state index in [1.165, 1.54) is 26.4 Å². The Kier molecular flexibility index (Phi) is 6.07. The zero-order chi connectivity index (χ0) is 17.8. The quantitative estimate of drug-likeness (QED) is 0.601. The second-order valence-electron chi connectivity index (χ2n) is 5.47. The second-order valence-corrected chi connectivity index (χ2v) is 9.43. The van der Waals surface area contributed by atoms with Crippen LogP contribution in [0.4, 0.5) is 0 Å². The molecular weight excluding hydrogens is 356 g/mol. The van der Waals surface area contributed by atoms with Crippen LogP contribution in [0.1, 0.15) is 6.42 Å². The van der Waals surface area contributed by atoms with Crippen molar-refractivity contribution in [2.75, 3.05) is 38.8 Å². The second kappa shape index (κ2) is 7.68. The van der Waals surface area contributed by atoms with E-state index < -0.39 is 19.9 Å². The highest BCUT2D eigenvalue weighted by Gasteiger charge is 2.27. The van der Waals surface area contributed by atoms with Gasteiger partial charge in [0.2, 0.25) is 10.0 Å². The summed E-state index contributed by atoms with van der Waals surface area (Å²) < 4.78 is 60.2. The molecule has 1 heterocycles. The summed E-state index contributed by atoms with van der Waals surface area (Å²) in [5.74, 6) is 0.907. The molecule has 0 aromatic heterocycles. The standard InChI is InChI=1S/C14H22N2O6S2/c1-21-12-3-4-13(22-2)14(9-12)24(19,20)16-7-6-15-11-5-8-23(17,18)10-11/h3-4,9,11,15-16H,5-8,10H2,1-2H3/t11-/m0/s1. The van der Waals surface area contributed by atoms with Crippen molar-refractivity contribution in [1.82, 2.24) is 10.0 Å². The van der Waals surface area contributed by atoms with Crippen molar-refractivity contribution in [2.24, 2.45) is 0 Å². The maximum Gasteiger partial charge on any atom is 0.244 e. The highest BCUT2D eigenvalue weighted by Crippen LogP contribution is 2.27. The fraction of sp³-hybridized carbons (Fsp3) is 0.571. The van der Waals surface area contributed by atoms with Crippen LogP contribution >= 0.6 is 0 Å².